The predicted molar refractivity (Wildman–Crippen MR) is 79.9 cm³/mol. The summed E-state index contributed by atoms with van der Waals surface area (Å²) in [5, 5.41) is 8.50. The van der Waals surface area contributed by atoms with Crippen molar-refractivity contribution >= 4 is 28.9 Å². The van der Waals surface area contributed by atoms with E-state index in [2.05, 4.69) is 0 Å². The third kappa shape index (κ3) is 4.10. The molecule has 1 aromatic heterocycles. The van der Waals surface area contributed by atoms with Gasteiger partial charge in [0.1, 0.15) is 0 Å². The second-order valence-electron chi connectivity index (χ2n) is 4.76. The smallest absolute Gasteiger partial charge is 0.372 e. The molecule has 0 fully saturated rings. The highest BCUT2D eigenvalue weighted by molar-refractivity contribution is 7.14. The van der Waals surface area contributed by atoms with Crippen molar-refractivity contribution in [3.8, 4) is 0 Å². The number of Topliss-reactive ketones (excluding diaryl/α,β-unsaturated/α-hetero) is 2. The molecular formula is C16H14O4S. The van der Waals surface area contributed by atoms with Crippen molar-refractivity contribution < 1.29 is 19.5 Å². The first kappa shape index (κ1) is 15.1. The summed E-state index contributed by atoms with van der Waals surface area (Å²) >= 11 is 1.30. The Morgan fingerprint density at radius 3 is 2.33 bits per heavy atom. The van der Waals surface area contributed by atoms with Crippen LogP contribution in [0.2, 0.25) is 0 Å². The van der Waals surface area contributed by atoms with Crippen LogP contribution in [0.15, 0.2) is 36.4 Å². The minimum Gasteiger partial charge on any atom is -0.475 e. The molecule has 1 N–H and O–H groups in total. The van der Waals surface area contributed by atoms with Gasteiger partial charge in [-0.1, -0.05) is 29.8 Å². The molecule has 0 unspecified atom stereocenters. The van der Waals surface area contributed by atoms with E-state index >= 15 is 0 Å². The van der Waals surface area contributed by atoms with Gasteiger partial charge in [0.15, 0.2) is 5.78 Å². The van der Waals surface area contributed by atoms with Crippen molar-refractivity contribution in [2.75, 3.05) is 0 Å². The third-order valence-corrected chi connectivity index (χ3v) is 4.12. The molecule has 0 bridgehead atoms. The van der Waals surface area contributed by atoms with Gasteiger partial charge in [0.05, 0.1) is 11.3 Å². The number of ketones is 2. The van der Waals surface area contributed by atoms with E-state index in [-0.39, 0.29) is 0 Å². The van der Waals surface area contributed by atoms with Crippen molar-refractivity contribution in [1.29, 1.82) is 0 Å². The zero-order valence-electron chi connectivity index (χ0n) is 11.5. The number of thiophene rings is 1. The van der Waals surface area contributed by atoms with Gasteiger partial charge in [-0.2, -0.15) is 0 Å². The van der Waals surface area contributed by atoms with Gasteiger partial charge in [-0.25, -0.2) is 4.79 Å². The lowest BCUT2D eigenvalue weighted by atomic mass is 10.1. The third-order valence-electron chi connectivity index (χ3n) is 3.00. The normalized spacial score (nSPS) is 10.3. The van der Waals surface area contributed by atoms with Gasteiger partial charge in [-0.3, -0.25) is 9.59 Å². The summed E-state index contributed by atoms with van der Waals surface area (Å²) in [5.74, 6) is -3.09. The highest BCUT2D eigenvalue weighted by Gasteiger charge is 2.19. The SMILES string of the molecule is Cc1ccc(Cc2ccc(C(=O)CC(=O)C(=O)O)s2)cc1. The molecule has 1 heterocycles. The Morgan fingerprint density at radius 1 is 1.05 bits per heavy atom. The van der Waals surface area contributed by atoms with E-state index in [0.717, 1.165) is 10.4 Å². The summed E-state index contributed by atoms with van der Waals surface area (Å²) in [4.78, 5) is 34.7. The molecule has 0 spiro atoms. The molecule has 0 saturated heterocycles. The summed E-state index contributed by atoms with van der Waals surface area (Å²) in [6.07, 6.45) is 0.130. The second kappa shape index (κ2) is 6.45. The van der Waals surface area contributed by atoms with E-state index in [1.165, 1.54) is 16.9 Å². The first-order valence-electron chi connectivity index (χ1n) is 6.39. The Balaban J connectivity index is 2.04. The molecule has 0 radical (unpaired) electrons. The van der Waals surface area contributed by atoms with E-state index in [0.29, 0.717) is 11.3 Å². The molecular weight excluding hydrogens is 288 g/mol. The molecule has 0 aliphatic rings. The maximum Gasteiger partial charge on any atom is 0.372 e. The number of aryl methyl sites for hydroxylation is 1. The number of carbonyl (C=O) groups is 3. The van der Waals surface area contributed by atoms with Gasteiger partial charge in [-0.15, -0.1) is 11.3 Å². The van der Waals surface area contributed by atoms with E-state index < -0.39 is 24.0 Å². The van der Waals surface area contributed by atoms with Crippen LogP contribution in [0.3, 0.4) is 0 Å². The lowest BCUT2D eigenvalue weighted by Gasteiger charge is -1.99. The molecule has 2 rings (SSSR count). The summed E-state index contributed by atoms with van der Waals surface area (Å²) in [6.45, 7) is 2.02. The Hall–Kier alpha value is -2.27. The molecule has 4 nitrogen and oxygen atoms in total. The zero-order chi connectivity index (χ0) is 15.4. The van der Waals surface area contributed by atoms with Gasteiger partial charge in [0, 0.05) is 11.3 Å². The Labute approximate surface area is 126 Å². The van der Waals surface area contributed by atoms with Crippen molar-refractivity contribution in [1.82, 2.24) is 0 Å². The average molecular weight is 302 g/mol. The fourth-order valence-electron chi connectivity index (χ4n) is 1.84. The Bertz CT molecular complexity index is 683. The molecule has 0 saturated carbocycles. The summed E-state index contributed by atoms with van der Waals surface area (Å²) in [7, 11) is 0. The van der Waals surface area contributed by atoms with Crippen LogP contribution in [0.5, 0.6) is 0 Å². The van der Waals surface area contributed by atoms with Crippen molar-refractivity contribution in [3.05, 3.63) is 57.3 Å². The largest absolute Gasteiger partial charge is 0.475 e. The fraction of sp³-hybridized carbons (Fsp3) is 0.188. The molecule has 1 aromatic carbocycles. The van der Waals surface area contributed by atoms with Crippen molar-refractivity contribution in [2.45, 2.75) is 19.8 Å². The van der Waals surface area contributed by atoms with E-state index in [1.54, 1.807) is 6.07 Å². The first-order valence-corrected chi connectivity index (χ1v) is 7.21. The maximum atomic E-state index is 11.8. The molecule has 21 heavy (non-hydrogen) atoms. The number of benzene rings is 1. The number of carboxylic acid groups (broad SMARTS) is 1. The molecule has 0 atom stereocenters. The van der Waals surface area contributed by atoms with Gasteiger partial charge in [0.25, 0.3) is 0 Å². The summed E-state index contributed by atoms with van der Waals surface area (Å²) in [5.41, 5.74) is 2.33. The molecule has 0 amide bonds. The summed E-state index contributed by atoms with van der Waals surface area (Å²) < 4.78 is 0. The lowest BCUT2D eigenvalue weighted by molar-refractivity contribution is -0.148. The Morgan fingerprint density at radius 2 is 1.71 bits per heavy atom. The van der Waals surface area contributed by atoms with Gasteiger partial charge in [-0.05, 0) is 24.6 Å². The van der Waals surface area contributed by atoms with Crippen LogP contribution in [0, 0.1) is 6.92 Å². The van der Waals surface area contributed by atoms with Crippen LogP contribution in [-0.4, -0.2) is 22.6 Å². The van der Waals surface area contributed by atoms with Crippen molar-refractivity contribution in [3.63, 3.8) is 0 Å². The number of hydrogen-bond acceptors (Lipinski definition) is 4. The molecule has 0 aliphatic heterocycles. The van der Waals surface area contributed by atoms with Gasteiger partial charge in [0.2, 0.25) is 5.78 Å². The standard InChI is InChI=1S/C16H14O4S/c1-10-2-4-11(5-3-10)8-12-6-7-15(21-12)13(17)9-14(18)16(19)20/h2-7H,8-9H2,1H3,(H,19,20). The number of hydrogen-bond donors (Lipinski definition) is 1. The molecule has 2 aromatic rings. The number of carboxylic acids is 1. The highest BCUT2D eigenvalue weighted by atomic mass is 32.1. The van der Waals surface area contributed by atoms with Gasteiger partial charge < -0.3 is 5.11 Å². The first-order chi connectivity index (χ1) is 9.95. The van der Waals surface area contributed by atoms with Crippen LogP contribution < -0.4 is 0 Å². The van der Waals surface area contributed by atoms with Crippen LogP contribution in [-0.2, 0) is 16.0 Å². The Kier molecular flexibility index (Phi) is 4.65. The highest BCUT2D eigenvalue weighted by Crippen LogP contribution is 2.21. The van der Waals surface area contributed by atoms with Crippen molar-refractivity contribution in [2.24, 2.45) is 0 Å². The maximum absolute atomic E-state index is 11.8. The number of carbonyl (C=O) groups excluding carboxylic acids is 2. The van der Waals surface area contributed by atoms with E-state index in [9.17, 15) is 14.4 Å². The topological polar surface area (TPSA) is 71.4 Å². The quantitative estimate of drug-likeness (QED) is 0.506. The van der Waals surface area contributed by atoms with E-state index in [4.69, 9.17) is 5.11 Å². The summed E-state index contributed by atoms with van der Waals surface area (Å²) in [6, 6.07) is 11.6. The molecule has 0 aliphatic carbocycles. The second-order valence-corrected chi connectivity index (χ2v) is 5.92. The van der Waals surface area contributed by atoms with Crippen LogP contribution >= 0.6 is 11.3 Å². The minimum absolute atomic E-state index is 0.423. The monoisotopic (exact) mass is 302 g/mol. The number of aliphatic carboxylic acids is 1. The average Bonchev–Trinajstić information content (AvgIpc) is 2.90. The predicted octanol–water partition coefficient (Wildman–Crippen LogP) is 2.87. The number of rotatable bonds is 6. The lowest BCUT2D eigenvalue weighted by Crippen LogP contribution is -2.16. The van der Waals surface area contributed by atoms with Gasteiger partial charge >= 0.3 is 5.97 Å². The minimum atomic E-state index is -1.57. The van der Waals surface area contributed by atoms with E-state index in [1.807, 2.05) is 37.3 Å². The fourth-order valence-corrected chi connectivity index (χ4v) is 2.82. The molecule has 108 valence electrons. The zero-order valence-corrected chi connectivity index (χ0v) is 12.3. The van der Waals surface area contributed by atoms with Crippen LogP contribution in [0.25, 0.3) is 0 Å². The van der Waals surface area contributed by atoms with Crippen LogP contribution in [0.1, 0.15) is 32.1 Å². The van der Waals surface area contributed by atoms with Crippen LogP contribution in [0.4, 0.5) is 0 Å². The molecule has 5 heteroatoms.